The maximum Gasteiger partial charge on any atom is 0.251 e. The lowest BCUT2D eigenvalue weighted by atomic mass is 9.99. The van der Waals surface area contributed by atoms with E-state index in [2.05, 4.69) is 24.0 Å². The third-order valence-corrected chi connectivity index (χ3v) is 5.97. The van der Waals surface area contributed by atoms with Crippen LogP contribution in [-0.2, 0) is 0 Å². The van der Waals surface area contributed by atoms with Crippen LogP contribution in [0.1, 0.15) is 40.9 Å². The number of ether oxygens (including phenoxy) is 1. The number of para-hydroxylation sites is 1. The lowest BCUT2D eigenvalue weighted by molar-refractivity contribution is 0.0943. The molecule has 0 saturated heterocycles. The zero-order chi connectivity index (χ0) is 21.7. The Morgan fingerprint density at radius 2 is 1.63 bits per heavy atom. The van der Waals surface area contributed by atoms with Gasteiger partial charge in [0.25, 0.3) is 5.91 Å². The minimum atomic E-state index is -0.0467. The monoisotopic (exact) mass is 417 g/mol. The van der Waals surface area contributed by atoms with Crippen LogP contribution < -0.4 is 10.1 Å². The summed E-state index contributed by atoms with van der Waals surface area (Å²) in [6, 6.07) is 22.1. The molecule has 0 spiro atoms. The molecule has 154 valence electrons. The first kappa shape index (κ1) is 21.7. The van der Waals surface area contributed by atoms with Crippen LogP contribution in [0.4, 0.5) is 0 Å². The minimum absolute atomic E-state index is 0.0467. The van der Waals surface area contributed by atoms with E-state index in [0.717, 1.165) is 37.8 Å². The Hall–Kier alpha value is -2.98. The zero-order valence-corrected chi connectivity index (χ0v) is 18.7. The van der Waals surface area contributed by atoms with Gasteiger partial charge in [0.05, 0.1) is 7.11 Å². The fraction of sp³-hybridized carbons (Fsp3) is 0.192. The van der Waals surface area contributed by atoms with Crippen LogP contribution >= 0.6 is 11.8 Å². The number of methoxy groups -OCH3 is 1. The van der Waals surface area contributed by atoms with Gasteiger partial charge in [-0.2, -0.15) is 0 Å². The Morgan fingerprint density at radius 3 is 2.30 bits per heavy atom. The summed E-state index contributed by atoms with van der Waals surface area (Å²) in [4.78, 5) is 14.5. The lowest BCUT2D eigenvalue weighted by Crippen LogP contribution is -2.30. The third kappa shape index (κ3) is 4.95. The van der Waals surface area contributed by atoms with Gasteiger partial charge in [-0.1, -0.05) is 54.7 Å². The van der Waals surface area contributed by atoms with Crippen LogP contribution in [0, 0.1) is 6.92 Å². The van der Waals surface area contributed by atoms with Crippen LogP contribution in [0.5, 0.6) is 5.75 Å². The van der Waals surface area contributed by atoms with Crippen molar-refractivity contribution < 1.29 is 9.53 Å². The molecule has 3 aromatic rings. The topological polar surface area (TPSA) is 38.3 Å². The van der Waals surface area contributed by atoms with E-state index in [0.29, 0.717) is 5.56 Å². The predicted molar refractivity (Wildman–Crippen MR) is 125 cm³/mol. The molecule has 1 N–H and O–H groups in total. The fourth-order valence-electron chi connectivity index (χ4n) is 3.21. The largest absolute Gasteiger partial charge is 0.496 e. The number of hydrogen-bond donors (Lipinski definition) is 1. The number of nitrogens with one attached hydrogen (secondary N) is 1. The number of rotatable bonds is 7. The van der Waals surface area contributed by atoms with E-state index in [1.807, 2.05) is 75.4 Å². The van der Waals surface area contributed by atoms with Crippen LogP contribution in [0.15, 0.2) is 83.1 Å². The van der Waals surface area contributed by atoms with Crippen molar-refractivity contribution in [3.8, 4) is 5.75 Å². The summed E-state index contributed by atoms with van der Waals surface area (Å²) in [5, 5.41) is 2.94. The zero-order valence-electron chi connectivity index (χ0n) is 17.9. The van der Waals surface area contributed by atoms with Crippen molar-refractivity contribution >= 4 is 23.2 Å². The molecule has 3 rings (SSSR count). The number of aryl methyl sites for hydroxylation is 1. The number of amides is 1. The van der Waals surface area contributed by atoms with Crippen molar-refractivity contribution in [1.29, 1.82) is 0 Å². The van der Waals surface area contributed by atoms with Gasteiger partial charge in [-0.3, -0.25) is 4.79 Å². The molecule has 0 bridgehead atoms. The summed E-state index contributed by atoms with van der Waals surface area (Å²) in [7, 11) is 1.67. The summed E-state index contributed by atoms with van der Waals surface area (Å²) < 4.78 is 5.52. The standard InChI is InChI=1S/C26H27NO2S/c1-17(2)27-26(28)20-14-15-24(18(3)16-20)30-25-13-9-7-11-22(25)19(4)21-10-6-8-12-23(21)29-5/h6-17H,4H2,1-3,5H3,(H,27,28). The van der Waals surface area contributed by atoms with E-state index in [-0.39, 0.29) is 11.9 Å². The van der Waals surface area contributed by atoms with E-state index in [1.165, 1.54) is 0 Å². The van der Waals surface area contributed by atoms with Crippen LogP contribution in [0.3, 0.4) is 0 Å². The lowest BCUT2D eigenvalue weighted by Gasteiger charge is -2.16. The summed E-state index contributed by atoms with van der Waals surface area (Å²) in [6.45, 7) is 10.3. The number of hydrogen-bond acceptors (Lipinski definition) is 3. The van der Waals surface area contributed by atoms with Crippen molar-refractivity contribution in [2.24, 2.45) is 0 Å². The second kappa shape index (κ2) is 9.68. The fourth-order valence-corrected chi connectivity index (χ4v) is 4.25. The van der Waals surface area contributed by atoms with Gasteiger partial charge in [0, 0.05) is 27.0 Å². The molecular weight excluding hydrogens is 390 g/mol. The number of carbonyl (C=O) groups excluding carboxylic acids is 1. The maximum absolute atomic E-state index is 12.3. The van der Waals surface area contributed by atoms with Crippen LogP contribution in [0.2, 0.25) is 0 Å². The molecule has 0 fully saturated rings. The molecule has 0 aliphatic heterocycles. The molecule has 0 aliphatic carbocycles. The first-order valence-electron chi connectivity index (χ1n) is 9.91. The highest BCUT2D eigenvalue weighted by atomic mass is 32.2. The number of benzene rings is 3. The third-order valence-electron chi connectivity index (χ3n) is 4.72. The average molecular weight is 418 g/mol. The molecule has 0 heterocycles. The Morgan fingerprint density at radius 1 is 0.967 bits per heavy atom. The van der Waals surface area contributed by atoms with Gasteiger partial charge < -0.3 is 10.1 Å². The van der Waals surface area contributed by atoms with Gasteiger partial charge in [0.1, 0.15) is 5.75 Å². The van der Waals surface area contributed by atoms with Gasteiger partial charge >= 0.3 is 0 Å². The molecule has 4 heteroatoms. The van der Waals surface area contributed by atoms with E-state index in [9.17, 15) is 4.79 Å². The molecule has 3 aromatic carbocycles. The summed E-state index contributed by atoms with van der Waals surface area (Å²) in [5.41, 5.74) is 4.70. The quantitative estimate of drug-likeness (QED) is 0.486. The first-order chi connectivity index (χ1) is 14.4. The molecular formula is C26H27NO2S. The predicted octanol–water partition coefficient (Wildman–Crippen LogP) is 6.35. The smallest absolute Gasteiger partial charge is 0.251 e. The van der Waals surface area contributed by atoms with E-state index < -0.39 is 0 Å². The van der Waals surface area contributed by atoms with Crippen molar-refractivity contribution in [1.82, 2.24) is 5.32 Å². The van der Waals surface area contributed by atoms with Gasteiger partial charge in [0.2, 0.25) is 0 Å². The first-order valence-corrected chi connectivity index (χ1v) is 10.7. The maximum atomic E-state index is 12.3. The van der Waals surface area contributed by atoms with Gasteiger partial charge in [-0.05, 0) is 67.8 Å². The molecule has 3 nitrogen and oxygen atoms in total. The molecule has 0 aromatic heterocycles. The molecule has 0 saturated carbocycles. The van der Waals surface area contributed by atoms with Gasteiger partial charge in [-0.25, -0.2) is 0 Å². The molecule has 0 radical (unpaired) electrons. The average Bonchev–Trinajstić information content (AvgIpc) is 2.74. The Labute approximate surface area is 183 Å². The Bertz CT molecular complexity index is 1070. The number of carbonyl (C=O) groups is 1. The molecule has 0 aliphatic rings. The molecule has 0 atom stereocenters. The van der Waals surface area contributed by atoms with Crippen molar-refractivity contribution in [2.75, 3.05) is 7.11 Å². The molecule has 1 amide bonds. The van der Waals surface area contributed by atoms with Gasteiger partial charge in [0.15, 0.2) is 0 Å². The highest BCUT2D eigenvalue weighted by molar-refractivity contribution is 7.99. The molecule has 30 heavy (non-hydrogen) atoms. The second-order valence-electron chi connectivity index (χ2n) is 7.39. The summed E-state index contributed by atoms with van der Waals surface area (Å²) in [6.07, 6.45) is 0. The van der Waals surface area contributed by atoms with E-state index >= 15 is 0 Å². The van der Waals surface area contributed by atoms with E-state index in [4.69, 9.17) is 4.74 Å². The van der Waals surface area contributed by atoms with Crippen LogP contribution in [0.25, 0.3) is 5.57 Å². The highest BCUT2D eigenvalue weighted by Gasteiger charge is 2.14. The van der Waals surface area contributed by atoms with Gasteiger partial charge in [-0.15, -0.1) is 0 Å². The normalized spacial score (nSPS) is 10.7. The highest BCUT2D eigenvalue weighted by Crippen LogP contribution is 2.38. The Kier molecular flexibility index (Phi) is 7.01. The van der Waals surface area contributed by atoms with Crippen molar-refractivity contribution in [2.45, 2.75) is 36.6 Å². The Balaban J connectivity index is 1.90. The SMILES string of the molecule is C=C(c1ccccc1OC)c1ccccc1Sc1ccc(C(=O)NC(C)C)cc1C. The van der Waals surface area contributed by atoms with E-state index in [1.54, 1.807) is 18.9 Å². The second-order valence-corrected chi connectivity index (χ2v) is 8.47. The van der Waals surface area contributed by atoms with Crippen molar-refractivity contribution in [3.05, 3.63) is 95.6 Å². The minimum Gasteiger partial charge on any atom is -0.496 e. The summed E-state index contributed by atoms with van der Waals surface area (Å²) >= 11 is 1.68. The summed E-state index contributed by atoms with van der Waals surface area (Å²) in [5.74, 6) is 0.758. The van der Waals surface area contributed by atoms with Crippen LogP contribution in [-0.4, -0.2) is 19.1 Å². The molecule has 0 unspecified atom stereocenters. The van der Waals surface area contributed by atoms with Crippen molar-refractivity contribution in [3.63, 3.8) is 0 Å².